The van der Waals surface area contributed by atoms with Gasteiger partial charge in [-0.15, -0.1) is 34.0 Å². The third-order valence-electron chi connectivity index (χ3n) is 3.95. The van der Waals surface area contributed by atoms with E-state index in [4.69, 9.17) is 4.98 Å². The summed E-state index contributed by atoms with van der Waals surface area (Å²) < 4.78 is 0. The number of carboxylic acid groups (broad SMARTS) is 1. The Balaban J connectivity index is 1.99. The minimum atomic E-state index is -0.907. The van der Waals surface area contributed by atoms with Gasteiger partial charge in [-0.2, -0.15) is 0 Å². The Morgan fingerprint density at radius 1 is 1.30 bits per heavy atom. The maximum absolute atomic E-state index is 11.7. The average Bonchev–Trinajstić information content (AvgIpc) is 3.25. The smallest absolute Gasteiger partial charge is 0.348 e. The molecule has 27 heavy (non-hydrogen) atoms. The van der Waals surface area contributed by atoms with Crippen LogP contribution in [0.5, 0.6) is 0 Å². The number of nitrogens with zero attached hydrogens (tertiary/aromatic N) is 1. The molecule has 4 nitrogen and oxygen atoms in total. The zero-order valence-corrected chi connectivity index (χ0v) is 18.6. The number of aromatic carboxylic acids is 1. The van der Waals surface area contributed by atoms with Gasteiger partial charge >= 0.3 is 5.97 Å². The summed E-state index contributed by atoms with van der Waals surface area (Å²) in [6, 6.07) is 6.06. The Labute approximate surface area is 171 Å². The van der Waals surface area contributed by atoms with Crippen LogP contribution in [0.15, 0.2) is 23.6 Å². The highest BCUT2D eigenvalue weighted by atomic mass is 32.1. The summed E-state index contributed by atoms with van der Waals surface area (Å²) in [5, 5.41) is 15.7. The molecule has 0 aliphatic carbocycles. The van der Waals surface area contributed by atoms with Crippen LogP contribution in [0.25, 0.3) is 10.6 Å². The number of thiophene rings is 2. The minimum absolute atomic E-state index is 0.0946. The molecule has 0 aliphatic heterocycles. The summed E-state index contributed by atoms with van der Waals surface area (Å²) in [6.07, 6.45) is 0.954. The number of rotatable bonds is 6. The summed E-state index contributed by atoms with van der Waals surface area (Å²) >= 11 is 4.62. The van der Waals surface area contributed by atoms with E-state index >= 15 is 0 Å². The molecule has 3 heterocycles. The number of carbonyl (C=O) groups is 1. The van der Waals surface area contributed by atoms with Crippen molar-refractivity contribution in [2.45, 2.75) is 46.5 Å². The Bertz CT molecular complexity index is 931. The van der Waals surface area contributed by atoms with Crippen molar-refractivity contribution in [3.8, 4) is 10.6 Å². The Morgan fingerprint density at radius 3 is 2.59 bits per heavy atom. The zero-order chi connectivity index (χ0) is 19.8. The number of nitrogens with one attached hydrogen (secondary N) is 1. The van der Waals surface area contributed by atoms with E-state index in [1.54, 1.807) is 22.7 Å². The van der Waals surface area contributed by atoms with Gasteiger partial charge in [0.15, 0.2) is 5.13 Å². The Hall–Kier alpha value is -1.70. The Morgan fingerprint density at radius 2 is 2.04 bits per heavy atom. The van der Waals surface area contributed by atoms with Gasteiger partial charge in [0, 0.05) is 9.75 Å². The van der Waals surface area contributed by atoms with Crippen LogP contribution in [0.1, 0.15) is 54.0 Å². The first kappa shape index (κ1) is 20.0. The van der Waals surface area contributed by atoms with Crippen molar-refractivity contribution in [3.63, 3.8) is 0 Å². The van der Waals surface area contributed by atoms with Gasteiger partial charge in [0.25, 0.3) is 0 Å². The second-order valence-corrected chi connectivity index (χ2v) is 11.0. The molecular formula is C20H24N2O2S3. The molecule has 3 aromatic rings. The summed E-state index contributed by atoms with van der Waals surface area (Å²) in [7, 11) is 0. The van der Waals surface area contributed by atoms with Crippen LogP contribution in [-0.2, 0) is 11.8 Å². The lowest BCUT2D eigenvalue weighted by Gasteiger charge is -2.15. The maximum atomic E-state index is 11.7. The highest BCUT2D eigenvalue weighted by molar-refractivity contribution is 7.17. The molecule has 0 spiro atoms. The van der Waals surface area contributed by atoms with Crippen molar-refractivity contribution >= 4 is 50.8 Å². The third-order valence-corrected chi connectivity index (χ3v) is 7.37. The van der Waals surface area contributed by atoms with E-state index in [9.17, 15) is 9.90 Å². The van der Waals surface area contributed by atoms with Crippen molar-refractivity contribution in [3.05, 3.63) is 38.2 Å². The second kappa shape index (κ2) is 7.73. The van der Waals surface area contributed by atoms with Gasteiger partial charge in [0.05, 0.1) is 16.3 Å². The normalized spacial score (nSPS) is 11.9. The highest BCUT2D eigenvalue weighted by Gasteiger charge is 2.24. The molecule has 3 aromatic heterocycles. The quantitative estimate of drug-likeness (QED) is 0.457. The number of carboxylic acids is 1. The van der Waals surface area contributed by atoms with Crippen LogP contribution < -0.4 is 5.32 Å². The van der Waals surface area contributed by atoms with E-state index in [2.05, 4.69) is 51.4 Å². The van der Waals surface area contributed by atoms with Gasteiger partial charge in [-0.25, -0.2) is 9.78 Å². The first-order valence-electron chi connectivity index (χ1n) is 8.83. The molecule has 0 radical (unpaired) electrons. The van der Waals surface area contributed by atoms with E-state index in [0.29, 0.717) is 16.5 Å². The molecular weight excluding hydrogens is 396 g/mol. The predicted octanol–water partition coefficient (Wildman–Crippen LogP) is 6.87. The molecule has 0 aliphatic rings. The van der Waals surface area contributed by atoms with Crippen molar-refractivity contribution in [1.29, 1.82) is 0 Å². The van der Waals surface area contributed by atoms with E-state index < -0.39 is 5.97 Å². The number of thiazole rings is 1. The van der Waals surface area contributed by atoms with Crippen molar-refractivity contribution in [2.24, 2.45) is 5.92 Å². The first-order valence-corrected chi connectivity index (χ1v) is 11.3. The fourth-order valence-electron chi connectivity index (χ4n) is 2.65. The van der Waals surface area contributed by atoms with Crippen molar-refractivity contribution < 1.29 is 9.90 Å². The molecule has 0 fully saturated rings. The molecule has 0 unspecified atom stereocenters. The average molecular weight is 421 g/mol. The summed E-state index contributed by atoms with van der Waals surface area (Å²) in [5.41, 5.74) is 1.54. The number of hydrogen-bond acceptors (Lipinski definition) is 6. The lowest BCUT2D eigenvalue weighted by Crippen LogP contribution is -2.08. The van der Waals surface area contributed by atoms with Crippen LogP contribution >= 0.6 is 34.0 Å². The highest BCUT2D eigenvalue weighted by Crippen LogP contribution is 2.40. The second-order valence-electron chi connectivity index (χ2n) is 7.90. The van der Waals surface area contributed by atoms with E-state index in [-0.39, 0.29) is 5.41 Å². The molecule has 0 atom stereocenters. The molecule has 0 saturated heterocycles. The maximum Gasteiger partial charge on any atom is 0.348 e. The van der Waals surface area contributed by atoms with Gasteiger partial charge < -0.3 is 10.4 Å². The fourth-order valence-corrected chi connectivity index (χ4v) is 5.66. The molecule has 0 saturated carbocycles. The first-order chi connectivity index (χ1) is 12.6. The summed E-state index contributed by atoms with van der Waals surface area (Å²) in [6.45, 7) is 10.7. The molecule has 0 aromatic carbocycles. The van der Waals surface area contributed by atoms with E-state index in [1.807, 2.05) is 12.1 Å². The molecule has 144 valence electrons. The van der Waals surface area contributed by atoms with Crippen LogP contribution in [0.3, 0.4) is 0 Å². The topological polar surface area (TPSA) is 62.2 Å². The molecule has 0 bridgehead atoms. The molecule has 3 rings (SSSR count). The fraction of sp³-hybridized carbons (Fsp3) is 0.400. The SMILES string of the molecule is CC(C)Cc1sc(Nc2cc(C(C)(C)C)sc2C(=O)O)nc1-c1cccs1. The van der Waals surface area contributed by atoms with Gasteiger partial charge in [-0.1, -0.05) is 40.7 Å². The number of aromatic nitrogens is 1. The van der Waals surface area contributed by atoms with Gasteiger partial charge in [0.1, 0.15) is 4.88 Å². The van der Waals surface area contributed by atoms with Gasteiger partial charge in [-0.3, -0.25) is 0 Å². The predicted molar refractivity (Wildman–Crippen MR) is 117 cm³/mol. The lowest BCUT2D eigenvalue weighted by atomic mass is 9.94. The largest absolute Gasteiger partial charge is 0.477 e. The standard InChI is InChI=1S/C20H24N2O2S3/c1-11(2)9-14-16(13-7-6-8-25-13)22-19(26-14)21-12-10-15(20(3,4)5)27-17(12)18(23)24/h6-8,10-11H,9H2,1-5H3,(H,21,22)(H,23,24). The van der Waals surface area contributed by atoms with Crippen LogP contribution in [0, 0.1) is 5.92 Å². The van der Waals surface area contributed by atoms with E-state index in [0.717, 1.165) is 27.0 Å². The van der Waals surface area contributed by atoms with Crippen LogP contribution in [0.4, 0.5) is 10.8 Å². The monoisotopic (exact) mass is 420 g/mol. The molecule has 7 heteroatoms. The van der Waals surface area contributed by atoms with Gasteiger partial charge in [0.2, 0.25) is 0 Å². The van der Waals surface area contributed by atoms with Crippen LogP contribution in [0.2, 0.25) is 0 Å². The van der Waals surface area contributed by atoms with Crippen molar-refractivity contribution in [2.75, 3.05) is 5.32 Å². The van der Waals surface area contributed by atoms with Crippen molar-refractivity contribution in [1.82, 2.24) is 4.98 Å². The Kier molecular flexibility index (Phi) is 5.74. The van der Waals surface area contributed by atoms with E-state index in [1.165, 1.54) is 16.2 Å². The summed E-state index contributed by atoms with van der Waals surface area (Å²) in [4.78, 5) is 20.3. The number of hydrogen-bond donors (Lipinski definition) is 2. The molecule has 0 amide bonds. The minimum Gasteiger partial charge on any atom is -0.477 e. The van der Waals surface area contributed by atoms with Crippen LogP contribution in [-0.4, -0.2) is 16.1 Å². The third kappa shape index (κ3) is 4.59. The summed E-state index contributed by atoms with van der Waals surface area (Å²) in [5.74, 6) is -0.379. The van der Waals surface area contributed by atoms with Gasteiger partial charge in [-0.05, 0) is 35.3 Å². The molecule has 2 N–H and O–H groups in total. The number of anilines is 2. The zero-order valence-electron chi connectivity index (χ0n) is 16.1. The lowest BCUT2D eigenvalue weighted by molar-refractivity contribution is 0.0703.